The summed E-state index contributed by atoms with van der Waals surface area (Å²) in [6.07, 6.45) is 1.08. The lowest BCUT2D eigenvalue weighted by Gasteiger charge is -2.00. The molecule has 1 aromatic heterocycles. The van der Waals surface area contributed by atoms with Gasteiger partial charge in [0.05, 0.1) is 5.69 Å². The fourth-order valence-electron chi connectivity index (χ4n) is 1.84. The second-order valence-corrected chi connectivity index (χ2v) is 5.38. The maximum Gasteiger partial charge on any atom is 0.107 e. The van der Waals surface area contributed by atoms with Crippen molar-refractivity contribution in [3.8, 4) is 11.3 Å². The summed E-state index contributed by atoms with van der Waals surface area (Å²) in [4.78, 5) is 5.97. The van der Waals surface area contributed by atoms with Crippen LogP contribution in [0.25, 0.3) is 11.3 Å². The molecule has 2 rings (SSSR count). The summed E-state index contributed by atoms with van der Waals surface area (Å²) < 4.78 is 0. The quantitative estimate of drug-likeness (QED) is 0.922. The smallest absolute Gasteiger partial charge is 0.107 e. The minimum absolute atomic E-state index is 0. The van der Waals surface area contributed by atoms with E-state index in [1.807, 2.05) is 7.05 Å². The van der Waals surface area contributed by atoms with Crippen molar-refractivity contribution in [3.05, 3.63) is 39.7 Å². The summed E-state index contributed by atoms with van der Waals surface area (Å²) in [5, 5.41) is 4.29. The van der Waals surface area contributed by atoms with E-state index in [9.17, 15) is 0 Å². The zero-order valence-corrected chi connectivity index (χ0v) is 12.6. The van der Waals surface area contributed by atoms with Gasteiger partial charge in [-0.05, 0) is 26.0 Å². The fourth-order valence-corrected chi connectivity index (χ4v) is 2.81. The summed E-state index contributed by atoms with van der Waals surface area (Å²) in [6.45, 7) is 5.16. The molecule has 0 radical (unpaired) electrons. The van der Waals surface area contributed by atoms with Crippen molar-refractivity contribution in [2.75, 3.05) is 7.05 Å². The van der Waals surface area contributed by atoms with Crippen LogP contribution in [0.5, 0.6) is 0 Å². The number of hydrogen-bond donors (Lipinski definition) is 1. The Kier molecular flexibility index (Phi) is 5.79. The van der Waals surface area contributed by atoms with Crippen LogP contribution in [0.4, 0.5) is 0 Å². The zero-order chi connectivity index (χ0) is 12.3. The van der Waals surface area contributed by atoms with E-state index >= 15 is 0 Å². The Morgan fingerprint density at radius 2 is 1.89 bits per heavy atom. The lowest BCUT2D eigenvalue weighted by molar-refractivity contribution is 0.811. The minimum atomic E-state index is 0. The molecular weight excluding hydrogens is 264 g/mol. The number of thiazole rings is 1. The van der Waals surface area contributed by atoms with Gasteiger partial charge < -0.3 is 5.32 Å². The molecule has 0 bridgehead atoms. The number of aromatic nitrogens is 1. The number of aryl methyl sites for hydroxylation is 2. The van der Waals surface area contributed by atoms with E-state index in [4.69, 9.17) is 0 Å². The van der Waals surface area contributed by atoms with E-state index in [0.717, 1.165) is 23.7 Å². The lowest BCUT2D eigenvalue weighted by atomic mass is 10.1. The van der Waals surface area contributed by atoms with E-state index in [1.165, 1.54) is 16.0 Å². The Balaban J connectivity index is 0.00000162. The van der Waals surface area contributed by atoms with E-state index in [2.05, 4.69) is 48.4 Å². The number of nitrogens with one attached hydrogen (secondary N) is 1. The van der Waals surface area contributed by atoms with Crippen molar-refractivity contribution < 1.29 is 0 Å². The summed E-state index contributed by atoms with van der Waals surface area (Å²) in [5.74, 6) is 0. The average Bonchev–Trinajstić information content (AvgIpc) is 2.71. The van der Waals surface area contributed by atoms with Crippen molar-refractivity contribution in [2.45, 2.75) is 26.8 Å². The topological polar surface area (TPSA) is 24.9 Å². The van der Waals surface area contributed by atoms with Crippen LogP contribution in [0.15, 0.2) is 24.3 Å². The first kappa shape index (κ1) is 15.2. The third-order valence-electron chi connectivity index (χ3n) is 2.80. The van der Waals surface area contributed by atoms with E-state index in [0.29, 0.717) is 0 Å². The first-order chi connectivity index (χ1) is 8.24. The molecule has 2 nitrogen and oxygen atoms in total. The maximum atomic E-state index is 4.68. The van der Waals surface area contributed by atoms with Crippen LogP contribution in [-0.2, 0) is 13.0 Å². The standard InChI is InChI=1S/C14H18N2S.ClH/c1-4-11-5-7-12(8-6-11)14-10(2)17-13(16-14)9-15-3;/h5-8,15H,4,9H2,1-3H3;1H. The fraction of sp³-hybridized carbons (Fsp3) is 0.357. The summed E-state index contributed by atoms with van der Waals surface area (Å²) in [6, 6.07) is 8.71. The Morgan fingerprint density at radius 3 is 2.44 bits per heavy atom. The molecule has 0 aliphatic rings. The van der Waals surface area contributed by atoms with Crippen LogP contribution in [0, 0.1) is 6.92 Å². The highest BCUT2D eigenvalue weighted by molar-refractivity contribution is 7.12. The third-order valence-corrected chi connectivity index (χ3v) is 3.78. The average molecular weight is 283 g/mol. The van der Waals surface area contributed by atoms with Gasteiger partial charge in [0.15, 0.2) is 0 Å². The van der Waals surface area contributed by atoms with Crippen LogP contribution in [0.3, 0.4) is 0 Å². The number of rotatable bonds is 4. The molecule has 1 heterocycles. The second-order valence-electron chi connectivity index (χ2n) is 4.09. The highest BCUT2D eigenvalue weighted by atomic mass is 35.5. The molecule has 4 heteroatoms. The summed E-state index contributed by atoms with van der Waals surface area (Å²) >= 11 is 1.77. The van der Waals surface area contributed by atoms with E-state index < -0.39 is 0 Å². The van der Waals surface area contributed by atoms with Crippen LogP contribution in [-0.4, -0.2) is 12.0 Å². The lowest BCUT2D eigenvalue weighted by Crippen LogP contribution is -2.04. The predicted molar refractivity (Wildman–Crippen MR) is 81.7 cm³/mol. The molecule has 0 saturated heterocycles. The van der Waals surface area contributed by atoms with Crippen molar-refractivity contribution in [2.24, 2.45) is 0 Å². The van der Waals surface area contributed by atoms with Gasteiger partial charge in [-0.15, -0.1) is 23.7 Å². The molecular formula is C14H19ClN2S. The summed E-state index contributed by atoms with van der Waals surface area (Å²) in [5.41, 5.74) is 3.72. The highest BCUT2D eigenvalue weighted by Crippen LogP contribution is 2.27. The monoisotopic (exact) mass is 282 g/mol. The van der Waals surface area contributed by atoms with Gasteiger partial charge in [0.1, 0.15) is 5.01 Å². The Labute approximate surface area is 119 Å². The zero-order valence-electron chi connectivity index (χ0n) is 11.0. The van der Waals surface area contributed by atoms with Gasteiger partial charge in [-0.1, -0.05) is 31.2 Å². The van der Waals surface area contributed by atoms with Gasteiger partial charge in [-0.2, -0.15) is 0 Å². The Bertz CT molecular complexity index is 491. The van der Waals surface area contributed by atoms with Gasteiger partial charge >= 0.3 is 0 Å². The first-order valence-electron chi connectivity index (χ1n) is 5.94. The first-order valence-corrected chi connectivity index (χ1v) is 6.76. The van der Waals surface area contributed by atoms with Crippen LogP contribution >= 0.6 is 23.7 Å². The summed E-state index contributed by atoms with van der Waals surface area (Å²) in [7, 11) is 1.95. The molecule has 18 heavy (non-hydrogen) atoms. The maximum absolute atomic E-state index is 4.68. The highest BCUT2D eigenvalue weighted by Gasteiger charge is 2.08. The van der Waals surface area contributed by atoms with Crippen LogP contribution < -0.4 is 5.32 Å². The number of benzene rings is 1. The van der Waals surface area contributed by atoms with Crippen molar-refractivity contribution in [3.63, 3.8) is 0 Å². The van der Waals surface area contributed by atoms with Gasteiger partial charge in [0.2, 0.25) is 0 Å². The molecule has 0 atom stereocenters. The van der Waals surface area contributed by atoms with Gasteiger partial charge in [0.25, 0.3) is 0 Å². The number of nitrogens with zero attached hydrogens (tertiary/aromatic N) is 1. The molecule has 0 unspecified atom stereocenters. The molecule has 1 aromatic carbocycles. The molecule has 1 N–H and O–H groups in total. The second kappa shape index (κ2) is 6.88. The van der Waals surface area contributed by atoms with Crippen LogP contribution in [0.1, 0.15) is 22.4 Å². The Hall–Kier alpha value is -0.900. The van der Waals surface area contributed by atoms with Crippen molar-refractivity contribution >= 4 is 23.7 Å². The van der Waals surface area contributed by atoms with E-state index in [-0.39, 0.29) is 12.4 Å². The molecule has 98 valence electrons. The van der Waals surface area contributed by atoms with Gasteiger partial charge in [-0.25, -0.2) is 4.98 Å². The minimum Gasteiger partial charge on any atom is -0.314 e. The third kappa shape index (κ3) is 3.31. The molecule has 0 aliphatic heterocycles. The SMILES string of the molecule is CCc1ccc(-c2nc(CNC)sc2C)cc1.Cl. The molecule has 2 aromatic rings. The van der Waals surface area contributed by atoms with Crippen LogP contribution in [0.2, 0.25) is 0 Å². The van der Waals surface area contributed by atoms with Gasteiger partial charge in [-0.3, -0.25) is 0 Å². The van der Waals surface area contributed by atoms with Crippen molar-refractivity contribution in [1.82, 2.24) is 10.3 Å². The molecule has 0 fully saturated rings. The largest absolute Gasteiger partial charge is 0.314 e. The number of halogens is 1. The Morgan fingerprint density at radius 1 is 1.22 bits per heavy atom. The van der Waals surface area contributed by atoms with Crippen molar-refractivity contribution in [1.29, 1.82) is 0 Å². The predicted octanol–water partition coefficient (Wildman–Crippen LogP) is 3.82. The van der Waals surface area contributed by atoms with E-state index in [1.54, 1.807) is 11.3 Å². The molecule has 0 spiro atoms. The molecule has 0 amide bonds. The molecule has 0 saturated carbocycles. The normalized spacial score (nSPS) is 10.2. The van der Waals surface area contributed by atoms with Gasteiger partial charge in [0, 0.05) is 17.0 Å². The molecule has 0 aliphatic carbocycles. The number of hydrogen-bond acceptors (Lipinski definition) is 3.